The molecular weight excluding hydrogens is 387 g/mol. The minimum atomic E-state index is 0.535. The summed E-state index contributed by atoms with van der Waals surface area (Å²) in [6.07, 6.45) is 4.05. The third kappa shape index (κ3) is 3.81. The van der Waals surface area contributed by atoms with Gasteiger partial charge < -0.3 is 4.98 Å². The van der Waals surface area contributed by atoms with Crippen molar-refractivity contribution in [1.29, 1.82) is 0 Å². The van der Waals surface area contributed by atoms with Crippen molar-refractivity contribution < 1.29 is 0 Å². The van der Waals surface area contributed by atoms with Crippen LogP contribution in [0, 0.1) is 6.92 Å². The van der Waals surface area contributed by atoms with Gasteiger partial charge in [-0.2, -0.15) is 0 Å². The number of thiazole rings is 1. The molecule has 2 aromatic heterocycles. The number of H-pyrrole nitrogens is 1. The molecule has 4 nitrogen and oxygen atoms in total. The van der Waals surface area contributed by atoms with Crippen molar-refractivity contribution in [2.24, 2.45) is 0 Å². The Labute approximate surface area is 167 Å². The number of benzene rings is 1. The summed E-state index contributed by atoms with van der Waals surface area (Å²) in [5, 5.41) is 4.49. The van der Waals surface area contributed by atoms with Crippen molar-refractivity contribution >= 4 is 34.5 Å². The van der Waals surface area contributed by atoms with Gasteiger partial charge >= 0.3 is 0 Å². The minimum Gasteiger partial charge on any atom is -0.348 e. The molecule has 0 amide bonds. The highest BCUT2D eigenvalue weighted by Crippen LogP contribution is 2.34. The van der Waals surface area contributed by atoms with E-state index < -0.39 is 0 Å². The third-order valence-corrected chi connectivity index (χ3v) is 6.73. The summed E-state index contributed by atoms with van der Waals surface area (Å²) in [6, 6.07) is 5.69. The van der Waals surface area contributed by atoms with Crippen molar-refractivity contribution in [3.63, 3.8) is 0 Å². The maximum absolute atomic E-state index is 6.14. The van der Waals surface area contributed by atoms with Gasteiger partial charge in [-0.1, -0.05) is 29.3 Å². The maximum atomic E-state index is 6.14. The molecule has 26 heavy (non-hydrogen) atoms. The van der Waals surface area contributed by atoms with E-state index in [1.54, 1.807) is 17.7 Å². The Bertz CT molecular complexity index is 897. The zero-order valence-corrected chi connectivity index (χ0v) is 16.8. The van der Waals surface area contributed by atoms with Crippen LogP contribution in [0.15, 0.2) is 29.9 Å². The van der Waals surface area contributed by atoms with Crippen molar-refractivity contribution in [2.45, 2.75) is 32.2 Å². The summed E-state index contributed by atoms with van der Waals surface area (Å²) in [6.45, 7) is 5.17. The molecule has 0 saturated carbocycles. The molecule has 136 valence electrons. The fraction of sp³-hybridized carbons (Fsp3) is 0.368. The number of imidazole rings is 1. The number of aryl methyl sites for hydroxylation is 1. The molecule has 7 heteroatoms. The second-order valence-electron chi connectivity index (χ2n) is 6.72. The Hall–Kier alpha value is -1.40. The van der Waals surface area contributed by atoms with E-state index in [2.05, 4.69) is 27.2 Å². The first-order chi connectivity index (χ1) is 12.6. The first-order valence-electron chi connectivity index (χ1n) is 8.72. The van der Waals surface area contributed by atoms with Crippen LogP contribution in [0.5, 0.6) is 0 Å². The number of aromatic amines is 1. The van der Waals surface area contributed by atoms with E-state index in [4.69, 9.17) is 28.2 Å². The zero-order chi connectivity index (χ0) is 18.1. The number of likely N-dealkylation sites (tertiary alicyclic amines) is 1. The van der Waals surface area contributed by atoms with E-state index in [0.29, 0.717) is 16.0 Å². The number of nitrogens with one attached hydrogen (secondary N) is 1. The lowest BCUT2D eigenvalue weighted by atomic mass is 9.97. The standard InChI is InChI=1S/C19H20Cl2N4S/c1-12-17(23-11-22-12)9-25-6-4-13(5-7-25)19-24-18(10-26-19)14-2-3-15(20)16(21)8-14/h2-3,8,10-11,13H,4-7,9H2,1H3,(H,22,23). The summed E-state index contributed by atoms with van der Waals surface area (Å²) < 4.78 is 0. The van der Waals surface area contributed by atoms with Gasteiger partial charge in [-0.25, -0.2) is 9.97 Å². The minimum absolute atomic E-state index is 0.535. The van der Waals surface area contributed by atoms with Crippen molar-refractivity contribution in [1.82, 2.24) is 19.9 Å². The van der Waals surface area contributed by atoms with E-state index in [1.165, 1.54) is 10.7 Å². The number of halogens is 2. The molecule has 0 atom stereocenters. The predicted molar refractivity (Wildman–Crippen MR) is 108 cm³/mol. The molecular formula is C19H20Cl2N4S. The first-order valence-corrected chi connectivity index (χ1v) is 10.4. The van der Waals surface area contributed by atoms with Crippen LogP contribution in [0.25, 0.3) is 11.3 Å². The van der Waals surface area contributed by atoms with Crippen LogP contribution in [0.3, 0.4) is 0 Å². The lowest BCUT2D eigenvalue weighted by molar-refractivity contribution is 0.202. The summed E-state index contributed by atoms with van der Waals surface area (Å²) in [4.78, 5) is 14.9. The Balaban J connectivity index is 1.40. The number of aromatic nitrogens is 3. The fourth-order valence-electron chi connectivity index (χ4n) is 3.36. The quantitative estimate of drug-likeness (QED) is 0.619. The van der Waals surface area contributed by atoms with Gasteiger partial charge in [-0.3, -0.25) is 4.90 Å². The third-order valence-electron chi connectivity index (χ3n) is 4.98. The van der Waals surface area contributed by atoms with Gasteiger partial charge in [0, 0.05) is 29.1 Å². The van der Waals surface area contributed by atoms with Gasteiger partial charge in [0.1, 0.15) is 0 Å². The molecule has 3 aromatic rings. The topological polar surface area (TPSA) is 44.8 Å². The van der Waals surface area contributed by atoms with E-state index in [0.717, 1.165) is 49.4 Å². The van der Waals surface area contributed by atoms with Gasteiger partial charge in [0.2, 0.25) is 0 Å². The highest BCUT2D eigenvalue weighted by molar-refractivity contribution is 7.10. The van der Waals surface area contributed by atoms with E-state index in [9.17, 15) is 0 Å². The Morgan fingerprint density at radius 3 is 2.73 bits per heavy atom. The molecule has 4 rings (SSSR count). The maximum Gasteiger partial charge on any atom is 0.0964 e. The molecule has 1 N–H and O–H groups in total. The average molecular weight is 407 g/mol. The highest BCUT2D eigenvalue weighted by atomic mass is 35.5. The number of nitrogens with zero attached hydrogens (tertiary/aromatic N) is 3. The van der Waals surface area contributed by atoms with Crippen LogP contribution in [0.1, 0.15) is 35.2 Å². The smallest absolute Gasteiger partial charge is 0.0964 e. The number of rotatable bonds is 4. The second kappa shape index (κ2) is 7.69. The molecule has 1 aliphatic heterocycles. The molecule has 1 fully saturated rings. The molecule has 1 aliphatic rings. The highest BCUT2D eigenvalue weighted by Gasteiger charge is 2.24. The van der Waals surface area contributed by atoms with Crippen LogP contribution < -0.4 is 0 Å². The SMILES string of the molecule is Cc1[nH]cnc1CN1CCC(c2nc(-c3ccc(Cl)c(Cl)c3)cs2)CC1. The van der Waals surface area contributed by atoms with E-state index >= 15 is 0 Å². The van der Waals surface area contributed by atoms with Gasteiger partial charge in [-0.15, -0.1) is 11.3 Å². The zero-order valence-electron chi connectivity index (χ0n) is 14.5. The first kappa shape index (κ1) is 18.0. The van der Waals surface area contributed by atoms with Gasteiger partial charge in [0.15, 0.2) is 0 Å². The van der Waals surface area contributed by atoms with Crippen molar-refractivity contribution in [2.75, 3.05) is 13.1 Å². The number of hydrogen-bond acceptors (Lipinski definition) is 4. The summed E-state index contributed by atoms with van der Waals surface area (Å²) in [5.41, 5.74) is 4.32. The molecule has 0 bridgehead atoms. The number of hydrogen-bond donors (Lipinski definition) is 1. The van der Waals surface area contributed by atoms with Crippen LogP contribution in [-0.2, 0) is 6.54 Å². The molecule has 3 heterocycles. The largest absolute Gasteiger partial charge is 0.348 e. The second-order valence-corrected chi connectivity index (χ2v) is 8.43. The number of piperidine rings is 1. The Morgan fingerprint density at radius 2 is 2.04 bits per heavy atom. The molecule has 0 radical (unpaired) electrons. The molecule has 1 saturated heterocycles. The van der Waals surface area contributed by atoms with Crippen LogP contribution in [0.4, 0.5) is 0 Å². The molecule has 1 aromatic carbocycles. The molecule has 0 aliphatic carbocycles. The molecule has 0 spiro atoms. The predicted octanol–water partition coefficient (Wildman–Crippen LogP) is 5.53. The van der Waals surface area contributed by atoms with Crippen molar-refractivity contribution in [3.8, 4) is 11.3 Å². The van der Waals surface area contributed by atoms with Gasteiger partial charge in [0.05, 0.1) is 32.8 Å². The Kier molecular flexibility index (Phi) is 5.32. The summed E-state index contributed by atoms with van der Waals surface area (Å²) in [7, 11) is 0. The van der Waals surface area contributed by atoms with Gasteiger partial charge in [0.25, 0.3) is 0 Å². The average Bonchev–Trinajstić information content (AvgIpc) is 3.28. The van der Waals surface area contributed by atoms with Crippen molar-refractivity contribution in [3.05, 3.63) is 56.3 Å². The van der Waals surface area contributed by atoms with Crippen LogP contribution >= 0.6 is 34.5 Å². The molecule has 0 unspecified atom stereocenters. The van der Waals surface area contributed by atoms with E-state index in [1.807, 2.05) is 18.2 Å². The monoisotopic (exact) mass is 406 g/mol. The summed E-state index contributed by atoms with van der Waals surface area (Å²) >= 11 is 13.9. The van der Waals surface area contributed by atoms with Crippen LogP contribution in [0.2, 0.25) is 10.0 Å². The Morgan fingerprint density at radius 1 is 1.23 bits per heavy atom. The normalized spacial score (nSPS) is 16.3. The lowest BCUT2D eigenvalue weighted by Crippen LogP contribution is -2.32. The van der Waals surface area contributed by atoms with Crippen LogP contribution in [-0.4, -0.2) is 32.9 Å². The van der Waals surface area contributed by atoms with E-state index in [-0.39, 0.29) is 0 Å². The summed E-state index contributed by atoms with van der Waals surface area (Å²) in [5.74, 6) is 0.535. The fourth-order valence-corrected chi connectivity index (χ4v) is 4.66. The lowest BCUT2D eigenvalue weighted by Gasteiger charge is -2.30. The van der Waals surface area contributed by atoms with Gasteiger partial charge in [-0.05, 0) is 45.0 Å².